The lowest BCUT2D eigenvalue weighted by Crippen LogP contribution is -2.39. The standard InChI is InChI=1S/C22H21N3O4/c1-2-29-18-11-9-16(10-12-18)23-22(28)19-7-3-4-8-20(19)24-21(27)15-25-13-5-6-17(26)14-25/h3-14H,2,15H2,1H3,(H2-,23,24,26,27,28)/p+1. The van der Waals surface area contributed by atoms with Crippen LogP contribution in [0.3, 0.4) is 0 Å². The van der Waals surface area contributed by atoms with Crippen molar-refractivity contribution in [2.45, 2.75) is 13.5 Å². The number of benzene rings is 2. The Morgan fingerprint density at radius 1 is 1.00 bits per heavy atom. The molecule has 0 atom stereocenters. The highest BCUT2D eigenvalue weighted by atomic mass is 16.5. The van der Waals surface area contributed by atoms with Crippen molar-refractivity contribution in [2.75, 3.05) is 17.2 Å². The number of carbonyl (C=O) groups excluding carboxylic acids is 2. The third-order valence-corrected chi connectivity index (χ3v) is 4.04. The van der Waals surface area contributed by atoms with E-state index in [0.29, 0.717) is 23.5 Å². The van der Waals surface area contributed by atoms with E-state index in [-0.39, 0.29) is 24.1 Å². The summed E-state index contributed by atoms with van der Waals surface area (Å²) < 4.78 is 6.94. The first-order chi connectivity index (χ1) is 14.0. The molecule has 0 spiro atoms. The van der Waals surface area contributed by atoms with E-state index in [0.717, 1.165) is 5.75 Å². The van der Waals surface area contributed by atoms with Gasteiger partial charge in [-0.15, -0.1) is 0 Å². The van der Waals surface area contributed by atoms with E-state index in [2.05, 4.69) is 10.6 Å². The summed E-state index contributed by atoms with van der Waals surface area (Å²) in [7, 11) is 0. The third-order valence-electron chi connectivity index (χ3n) is 4.04. The van der Waals surface area contributed by atoms with Crippen LogP contribution in [0.1, 0.15) is 17.3 Å². The molecule has 2 aromatic carbocycles. The van der Waals surface area contributed by atoms with Crippen molar-refractivity contribution in [3.63, 3.8) is 0 Å². The molecule has 0 saturated carbocycles. The number of hydrogen-bond acceptors (Lipinski definition) is 4. The lowest BCUT2D eigenvalue weighted by Gasteiger charge is -2.11. The van der Waals surface area contributed by atoms with Crippen LogP contribution in [0, 0.1) is 0 Å². The Morgan fingerprint density at radius 3 is 2.48 bits per heavy atom. The zero-order valence-corrected chi connectivity index (χ0v) is 16.0. The monoisotopic (exact) mass is 392 g/mol. The van der Waals surface area contributed by atoms with Gasteiger partial charge in [0, 0.05) is 11.8 Å². The highest BCUT2D eigenvalue weighted by Gasteiger charge is 2.16. The average molecular weight is 392 g/mol. The maximum Gasteiger partial charge on any atom is 0.290 e. The van der Waals surface area contributed by atoms with E-state index in [1.165, 1.54) is 12.3 Å². The van der Waals surface area contributed by atoms with Crippen LogP contribution in [-0.4, -0.2) is 23.5 Å². The molecular formula is C22H22N3O4+. The minimum Gasteiger partial charge on any atom is -0.503 e. The Balaban J connectivity index is 1.69. The van der Waals surface area contributed by atoms with Crippen LogP contribution >= 0.6 is 0 Å². The molecule has 0 bridgehead atoms. The Hall–Kier alpha value is -3.87. The van der Waals surface area contributed by atoms with E-state index in [4.69, 9.17) is 4.74 Å². The summed E-state index contributed by atoms with van der Waals surface area (Å²) >= 11 is 0. The number of ether oxygens (including phenoxy) is 1. The van der Waals surface area contributed by atoms with Crippen molar-refractivity contribution in [3.05, 3.63) is 78.6 Å². The Bertz CT molecular complexity index is 1000. The number of carbonyl (C=O) groups is 2. The zero-order chi connectivity index (χ0) is 20.6. The van der Waals surface area contributed by atoms with Gasteiger partial charge < -0.3 is 20.5 Å². The molecular weight excluding hydrogens is 370 g/mol. The first-order valence-electron chi connectivity index (χ1n) is 9.16. The van der Waals surface area contributed by atoms with E-state index >= 15 is 0 Å². The van der Waals surface area contributed by atoms with Crippen molar-refractivity contribution in [1.82, 2.24) is 0 Å². The summed E-state index contributed by atoms with van der Waals surface area (Å²) in [5, 5.41) is 15.1. The molecule has 1 aromatic heterocycles. The number of amides is 2. The smallest absolute Gasteiger partial charge is 0.290 e. The Labute approximate surface area is 168 Å². The van der Waals surface area contributed by atoms with Crippen LogP contribution in [-0.2, 0) is 11.3 Å². The second-order valence-electron chi connectivity index (χ2n) is 6.24. The van der Waals surface area contributed by atoms with Gasteiger partial charge in [-0.2, -0.15) is 4.57 Å². The summed E-state index contributed by atoms with van der Waals surface area (Å²) in [6.07, 6.45) is 3.12. The van der Waals surface area contributed by atoms with Crippen molar-refractivity contribution in [1.29, 1.82) is 0 Å². The van der Waals surface area contributed by atoms with E-state index in [1.807, 2.05) is 6.92 Å². The number of para-hydroxylation sites is 1. The number of nitrogens with one attached hydrogen (secondary N) is 2. The van der Waals surface area contributed by atoms with Gasteiger partial charge in [0.25, 0.3) is 11.8 Å². The second kappa shape index (κ2) is 9.36. The fourth-order valence-electron chi connectivity index (χ4n) is 2.75. The number of aromatic nitrogens is 1. The SMILES string of the molecule is CCOc1ccc(NC(=O)c2ccccc2NC(=O)C[n+]2cccc(O)c2)cc1. The van der Waals surface area contributed by atoms with Crippen LogP contribution in [0.4, 0.5) is 11.4 Å². The van der Waals surface area contributed by atoms with Crippen LogP contribution in [0.2, 0.25) is 0 Å². The molecule has 1 heterocycles. The number of anilines is 2. The van der Waals surface area contributed by atoms with Gasteiger partial charge in [-0.3, -0.25) is 9.59 Å². The van der Waals surface area contributed by atoms with E-state index < -0.39 is 0 Å². The molecule has 0 fully saturated rings. The number of nitrogens with zero attached hydrogens (tertiary/aromatic N) is 1. The van der Waals surface area contributed by atoms with Crippen LogP contribution < -0.4 is 19.9 Å². The van der Waals surface area contributed by atoms with Crippen molar-refractivity contribution in [2.24, 2.45) is 0 Å². The van der Waals surface area contributed by atoms with Gasteiger partial charge in [-0.25, -0.2) is 0 Å². The maximum atomic E-state index is 12.7. The molecule has 3 rings (SSSR count). The number of rotatable bonds is 7. The molecule has 0 radical (unpaired) electrons. The summed E-state index contributed by atoms with van der Waals surface area (Å²) in [5.41, 5.74) is 1.37. The molecule has 2 amide bonds. The van der Waals surface area contributed by atoms with Gasteiger partial charge in [0.05, 0.1) is 17.9 Å². The summed E-state index contributed by atoms with van der Waals surface area (Å²) in [6.45, 7) is 2.48. The predicted octanol–water partition coefficient (Wildman–Crippen LogP) is 2.97. The molecule has 7 nitrogen and oxygen atoms in total. The quantitative estimate of drug-likeness (QED) is 0.539. The highest BCUT2D eigenvalue weighted by molar-refractivity contribution is 6.10. The Morgan fingerprint density at radius 2 is 1.76 bits per heavy atom. The van der Waals surface area contributed by atoms with Crippen molar-refractivity contribution >= 4 is 23.2 Å². The van der Waals surface area contributed by atoms with Gasteiger partial charge in [0.15, 0.2) is 11.9 Å². The minimum atomic E-state index is -0.338. The maximum absolute atomic E-state index is 12.7. The van der Waals surface area contributed by atoms with Crippen molar-refractivity contribution < 1.29 is 24.0 Å². The average Bonchev–Trinajstić information content (AvgIpc) is 2.70. The fourth-order valence-corrected chi connectivity index (χ4v) is 2.75. The van der Waals surface area contributed by atoms with Gasteiger partial charge >= 0.3 is 0 Å². The zero-order valence-electron chi connectivity index (χ0n) is 16.0. The number of aromatic hydroxyl groups is 1. The van der Waals surface area contributed by atoms with E-state index in [9.17, 15) is 14.7 Å². The molecule has 0 aliphatic heterocycles. The van der Waals surface area contributed by atoms with Crippen LogP contribution in [0.15, 0.2) is 73.1 Å². The number of pyridine rings is 1. The molecule has 148 valence electrons. The van der Waals surface area contributed by atoms with Crippen LogP contribution in [0.25, 0.3) is 0 Å². The minimum absolute atomic E-state index is 0.00322. The van der Waals surface area contributed by atoms with Gasteiger partial charge in [-0.05, 0) is 49.4 Å². The highest BCUT2D eigenvalue weighted by Crippen LogP contribution is 2.19. The molecule has 29 heavy (non-hydrogen) atoms. The second-order valence-corrected chi connectivity index (χ2v) is 6.24. The van der Waals surface area contributed by atoms with Gasteiger partial charge in [0.2, 0.25) is 12.7 Å². The largest absolute Gasteiger partial charge is 0.503 e. The topological polar surface area (TPSA) is 91.5 Å². The summed E-state index contributed by atoms with van der Waals surface area (Å²) in [4.78, 5) is 25.1. The first kappa shape index (κ1) is 19.9. The normalized spacial score (nSPS) is 10.2. The Kier molecular flexibility index (Phi) is 6.42. The molecule has 3 N–H and O–H groups in total. The number of hydrogen-bond donors (Lipinski definition) is 3. The first-order valence-corrected chi connectivity index (χ1v) is 9.16. The molecule has 0 unspecified atom stereocenters. The lowest BCUT2D eigenvalue weighted by atomic mass is 10.1. The summed E-state index contributed by atoms with van der Waals surface area (Å²) in [6, 6.07) is 17.0. The molecule has 7 heteroatoms. The van der Waals surface area contributed by atoms with Crippen molar-refractivity contribution in [3.8, 4) is 11.5 Å². The lowest BCUT2D eigenvalue weighted by molar-refractivity contribution is -0.684. The van der Waals surface area contributed by atoms with Gasteiger partial charge in [-0.1, -0.05) is 12.1 Å². The molecule has 0 saturated heterocycles. The van der Waals surface area contributed by atoms with Gasteiger partial charge in [0.1, 0.15) is 5.75 Å². The fraction of sp³-hybridized carbons (Fsp3) is 0.136. The summed E-state index contributed by atoms with van der Waals surface area (Å²) in [5.74, 6) is 0.134. The predicted molar refractivity (Wildman–Crippen MR) is 109 cm³/mol. The molecule has 0 aliphatic carbocycles. The molecule has 3 aromatic rings. The third kappa shape index (κ3) is 5.55. The van der Waals surface area contributed by atoms with E-state index in [1.54, 1.807) is 65.4 Å². The molecule has 0 aliphatic rings. The van der Waals surface area contributed by atoms with Crippen LogP contribution in [0.5, 0.6) is 11.5 Å².